The van der Waals surface area contributed by atoms with E-state index in [4.69, 9.17) is 17.3 Å². The number of aromatic nitrogens is 1. The lowest BCUT2D eigenvalue weighted by molar-refractivity contribution is 0.628. The summed E-state index contributed by atoms with van der Waals surface area (Å²) in [5.41, 5.74) is 8.03. The summed E-state index contributed by atoms with van der Waals surface area (Å²) in [5.74, 6) is 0.0856. The van der Waals surface area contributed by atoms with Gasteiger partial charge in [-0.1, -0.05) is 11.6 Å². The van der Waals surface area contributed by atoms with Crippen molar-refractivity contribution in [3.63, 3.8) is 0 Å². The third-order valence-corrected chi connectivity index (χ3v) is 2.52. The van der Waals surface area contributed by atoms with Gasteiger partial charge in [0, 0.05) is 16.8 Å². The molecule has 1 heterocycles. The molecule has 0 saturated heterocycles. The van der Waals surface area contributed by atoms with Gasteiger partial charge in [0.15, 0.2) is 0 Å². The normalized spacial score (nSPS) is 10.4. The van der Waals surface area contributed by atoms with Crippen molar-refractivity contribution in [3.8, 4) is 11.1 Å². The second kappa shape index (κ2) is 4.10. The molecule has 0 atom stereocenters. The first-order valence-electron chi connectivity index (χ1n) is 4.75. The van der Waals surface area contributed by atoms with E-state index in [0.717, 1.165) is 11.1 Å². The fourth-order valence-corrected chi connectivity index (χ4v) is 1.81. The van der Waals surface area contributed by atoms with Crippen LogP contribution in [0.4, 0.5) is 10.2 Å². The lowest BCUT2D eigenvalue weighted by Gasteiger charge is -2.07. The fourth-order valence-electron chi connectivity index (χ4n) is 1.59. The number of rotatable bonds is 1. The molecule has 0 aliphatic rings. The predicted molar refractivity (Wildman–Crippen MR) is 63.8 cm³/mol. The molecule has 2 aromatic rings. The molecule has 0 amide bonds. The second-order valence-corrected chi connectivity index (χ2v) is 4.02. The first-order valence-corrected chi connectivity index (χ1v) is 5.12. The molecular formula is C12H10ClFN2. The first kappa shape index (κ1) is 10.9. The molecule has 0 aliphatic carbocycles. The zero-order valence-electron chi connectivity index (χ0n) is 8.67. The summed E-state index contributed by atoms with van der Waals surface area (Å²) in [4.78, 5) is 3.99. The summed E-state index contributed by atoms with van der Waals surface area (Å²) in [5, 5.41) is 0.367. The molecule has 1 aromatic heterocycles. The van der Waals surface area contributed by atoms with Crippen LogP contribution in [0.1, 0.15) is 5.56 Å². The molecule has 0 fully saturated rings. The van der Waals surface area contributed by atoms with Gasteiger partial charge < -0.3 is 5.73 Å². The molecule has 0 bridgehead atoms. The van der Waals surface area contributed by atoms with Crippen LogP contribution in [0.2, 0.25) is 5.02 Å². The number of nitrogens with two attached hydrogens (primary N) is 1. The van der Waals surface area contributed by atoms with Gasteiger partial charge in [0.1, 0.15) is 11.6 Å². The number of nitrogen functional groups attached to an aromatic ring is 1. The van der Waals surface area contributed by atoms with Gasteiger partial charge in [-0.2, -0.15) is 0 Å². The second-order valence-electron chi connectivity index (χ2n) is 3.58. The number of benzene rings is 1. The Balaban J connectivity index is 2.58. The van der Waals surface area contributed by atoms with E-state index in [0.29, 0.717) is 16.4 Å². The van der Waals surface area contributed by atoms with Crippen molar-refractivity contribution in [2.75, 3.05) is 5.73 Å². The van der Waals surface area contributed by atoms with E-state index >= 15 is 0 Å². The lowest BCUT2D eigenvalue weighted by atomic mass is 10.0. The number of nitrogens with zero attached hydrogens (tertiary/aromatic N) is 1. The average molecular weight is 237 g/mol. The topological polar surface area (TPSA) is 38.9 Å². The SMILES string of the molecule is Cc1cc(N)ncc1-c1cc(F)cc(Cl)c1. The van der Waals surface area contributed by atoms with Crippen molar-refractivity contribution in [2.45, 2.75) is 6.92 Å². The molecule has 0 spiro atoms. The van der Waals surface area contributed by atoms with Gasteiger partial charge >= 0.3 is 0 Å². The summed E-state index contributed by atoms with van der Waals surface area (Å²) < 4.78 is 13.2. The third-order valence-electron chi connectivity index (χ3n) is 2.31. The van der Waals surface area contributed by atoms with Crippen molar-refractivity contribution in [3.05, 3.63) is 46.9 Å². The number of pyridine rings is 1. The van der Waals surface area contributed by atoms with E-state index in [2.05, 4.69) is 4.98 Å². The van der Waals surface area contributed by atoms with Crippen molar-refractivity contribution in [1.82, 2.24) is 4.98 Å². The summed E-state index contributed by atoms with van der Waals surface area (Å²) in [6.45, 7) is 1.90. The standard InChI is InChI=1S/C12H10ClFN2/c1-7-2-12(15)16-6-11(7)8-3-9(13)5-10(14)4-8/h2-6H,1H3,(H2,15,16). The van der Waals surface area contributed by atoms with Crippen LogP contribution < -0.4 is 5.73 Å². The van der Waals surface area contributed by atoms with Crippen LogP contribution in [-0.4, -0.2) is 4.98 Å². The molecular weight excluding hydrogens is 227 g/mol. The maximum Gasteiger partial charge on any atom is 0.125 e. The molecule has 2 rings (SSSR count). The number of hydrogen-bond donors (Lipinski definition) is 1. The van der Waals surface area contributed by atoms with Crippen LogP contribution in [-0.2, 0) is 0 Å². The van der Waals surface area contributed by atoms with Gasteiger partial charge in [0.2, 0.25) is 0 Å². The van der Waals surface area contributed by atoms with Crippen molar-refractivity contribution < 1.29 is 4.39 Å². The molecule has 0 unspecified atom stereocenters. The van der Waals surface area contributed by atoms with Gasteiger partial charge in [-0.3, -0.25) is 0 Å². The minimum absolute atomic E-state index is 0.362. The summed E-state index contributed by atoms with van der Waals surface area (Å²) in [6.07, 6.45) is 1.62. The number of hydrogen-bond acceptors (Lipinski definition) is 2. The van der Waals surface area contributed by atoms with Gasteiger partial charge in [-0.05, 0) is 42.3 Å². The molecule has 0 radical (unpaired) electrons. The highest BCUT2D eigenvalue weighted by Gasteiger charge is 2.06. The highest BCUT2D eigenvalue weighted by Crippen LogP contribution is 2.27. The molecule has 16 heavy (non-hydrogen) atoms. The van der Waals surface area contributed by atoms with Crippen LogP contribution in [0, 0.1) is 12.7 Å². The van der Waals surface area contributed by atoms with Crippen LogP contribution >= 0.6 is 11.6 Å². The highest BCUT2D eigenvalue weighted by molar-refractivity contribution is 6.30. The molecule has 82 valence electrons. The third kappa shape index (κ3) is 2.14. The number of halogens is 2. The highest BCUT2D eigenvalue weighted by atomic mass is 35.5. The maximum atomic E-state index is 13.2. The van der Waals surface area contributed by atoms with Gasteiger partial charge in [-0.15, -0.1) is 0 Å². The minimum Gasteiger partial charge on any atom is -0.384 e. The Morgan fingerprint density at radius 1 is 1.25 bits per heavy atom. The van der Waals surface area contributed by atoms with Gasteiger partial charge in [-0.25, -0.2) is 9.37 Å². The Hall–Kier alpha value is -1.61. The fraction of sp³-hybridized carbons (Fsp3) is 0.0833. The van der Waals surface area contributed by atoms with Crippen LogP contribution in [0.3, 0.4) is 0 Å². The number of aryl methyl sites for hydroxylation is 1. The average Bonchev–Trinajstić information content (AvgIpc) is 2.15. The van der Waals surface area contributed by atoms with E-state index in [1.807, 2.05) is 6.92 Å². The predicted octanol–water partition coefficient (Wildman–Crippen LogP) is 3.43. The van der Waals surface area contributed by atoms with Crippen LogP contribution in [0.25, 0.3) is 11.1 Å². The Morgan fingerprint density at radius 2 is 2.00 bits per heavy atom. The molecule has 2 nitrogen and oxygen atoms in total. The summed E-state index contributed by atoms with van der Waals surface area (Å²) in [7, 11) is 0. The zero-order chi connectivity index (χ0) is 11.7. The van der Waals surface area contributed by atoms with E-state index < -0.39 is 0 Å². The van der Waals surface area contributed by atoms with Crippen molar-refractivity contribution in [1.29, 1.82) is 0 Å². The summed E-state index contributed by atoms with van der Waals surface area (Å²) in [6, 6.07) is 6.14. The van der Waals surface area contributed by atoms with Crippen molar-refractivity contribution >= 4 is 17.4 Å². The van der Waals surface area contributed by atoms with E-state index in [-0.39, 0.29) is 5.82 Å². The number of anilines is 1. The molecule has 4 heteroatoms. The van der Waals surface area contributed by atoms with Crippen LogP contribution in [0.15, 0.2) is 30.5 Å². The quantitative estimate of drug-likeness (QED) is 0.824. The summed E-state index contributed by atoms with van der Waals surface area (Å²) >= 11 is 5.80. The Labute approximate surface area is 97.9 Å². The molecule has 2 N–H and O–H groups in total. The Kier molecular flexibility index (Phi) is 2.79. The lowest BCUT2D eigenvalue weighted by Crippen LogP contribution is -1.93. The van der Waals surface area contributed by atoms with E-state index in [1.165, 1.54) is 12.1 Å². The van der Waals surface area contributed by atoms with Crippen LogP contribution in [0.5, 0.6) is 0 Å². The van der Waals surface area contributed by atoms with Gasteiger partial charge in [0.25, 0.3) is 0 Å². The van der Waals surface area contributed by atoms with E-state index in [1.54, 1.807) is 18.3 Å². The van der Waals surface area contributed by atoms with Gasteiger partial charge in [0.05, 0.1) is 0 Å². The largest absolute Gasteiger partial charge is 0.384 e. The zero-order valence-corrected chi connectivity index (χ0v) is 9.42. The maximum absolute atomic E-state index is 13.2. The van der Waals surface area contributed by atoms with E-state index in [9.17, 15) is 4.39 Å². The smallest absolute Gasteiger partial charge is 0.125 e. The molecule has 1 aromatic carbocycles. The van der Waals surface area contributed by atoms with Crippen molar-refractivity contribution in [2.24, 2.45) is 0 Å². The Morgan fingerprint density at radius 3 is 2.62 bits per heavy atom. The molecule has 0 aliphatic heterocycles. The molecule has 0 saturated carbocycles. The minimum atomic E-state index is -0.362. The first-order chi connectivity index (χ1) is 7.56. The Bertz CT molecular complexity index is 520. The monoisotopic (exact) mass is 236 g/mol.